The lowest BCUT2D eigenvalue weighted by Gasteiger charge is -2.23. The average molecular weight is 394 g/mol. The maximum atomic E-state index is 6.08. The number of rotatable bonds is 5. The Morgan fingerprint density at radius 1 is 0.905 bits per heavy atom. The van der Waals surface area contributed by atoms with Crippen molar-refractivity contribution in [1.82, 2.24) is 5.32 Å². The third-order valence-electron chi connectivity index (χ3n) is 3.17. The van der Waals surface area contributed by atoms with Gasteiger partial charge in [-0.1, -0.05) is 58.0 Å². The first-order chi connectivity index (χ1) is 10.0. The van der Waals surface area contributed by atoms with E-state index >= 15 is 0 Å². The highest BCUT2D eigenvalue weighted by molar-refractivity contribution is 6.55. The van der Waals surface area contributed by atoms with Gasteiger partial charge in [0, 0.05) is 25.8 Å². The molecule has 0 saturated carbocycles. The van der Waals surface area contributed by atoms with Crippen LogP contribution in [0.3, 0.4) is 0 Å². The van der Waals surface area contributed by atoms with E-state index in [0.717, 1.165) is 26.1 Å². The highest BCUT2D eigenvalue weighted by atomic mass is 35.5. The number of ether oxygens (including phenoxy) is 2. The van der Waals surface area contributed by atoms with E-state index in [1.807, 2.05) is 0 Å². The van der Waals surface area contributed by atoms with Crippen LogP contribution in [0.5, 0.6) is 5.75 Å². The topological polar surface area (TPSA) is 30.5 Å². The van der Waals surface area contributed by atoms with Crippen molar-refractivity contribution in [1.29, 1.82) is 0 Å². The first kappa shape index (κ1) is 17.7. The minimum Gasteiger partial charge on any atom is -0.489 e. The van der Waals surface area contributed by atoms with Crippen molar-refractivity contribution in [3.63, 3.8) is 0 Å². The fourth-order valence-electron chi connectivity index (χ4n) is 2.03. The first-order valence-electron chi connectivity index (χ1n) is 6.47. The predicted octanol–water partition coefficient (Wildman–Crippen LogP) is 5.10. The van der Waals surface area contributed by atoms with E-state index in [1.54, 1.807) is 0 Å². The maximum absolute atomic E-state index is 6.08. The van der Waals surface area contributed by atoms with Crippen molar-refractivity contribution in [2.45, 2.75) is 18.9 Å². The third-order valence-corrected chi connectivity index (χ3v) is 5.41. The molecule has 1 fully saturated rings. The normalized spacial score (nSPS) is 16.2. The second kappa shape index (κ2) is 8.30. The Morgan fingerprint density at radius 2 is 1.43 bits per heavy atom. The summed E-state index contributed by atoms with van der Waals surface area (Å²) in [6.07, 6.45) is 2.00. The summed E-state index contributed by atoms with van der Waals surface area (Å²) in [4.78, 5) is 0. The van der Waals surface area contributed by atoms with E-state index in [1.165, 1.54) is 0 Å². The molecule has 118 valence electrons. The van der Waals surface area contributed by atoms with E-state index < -0.39 is 0 Å². The summed E-state index contributed by atoms with van der Waals surface area (Å²) in [6, 6.07) is 0.450. The molecule has 0 amide bonds. The predicted molar refractivity (Wildman–Crippen MR) is 88.8 cm³/mol. The zero-order valence-electron chi connectivity index (χ0n) is 11.0. The summed E-state index contributed by atoms with van der Waals surface area (Å²) >= 11 is 30.0. The van der Waals surface area contributed by atoms with Crippen molar-refractivity contribution in [2.24, 2.45) is 0 Å². The lowest BCUT2D eigenvalue weighted by molar-refractivity contribution is 0.0770. The van der Waals surface area contributed by atoms with Crippen LogP contribution in [0.1, 0.15) is 12.8 Å². The summed E-state index contributed by atoms with van der Waals surface area (Å²) in [6.45, 7) is 2.64. The highest BCUT2D eigenvalue weighted by Gasteiger charge is 2.20. The SMILES string of the molecule is Clc1c(Cl)c(Cl)c(OCCNC2CCOCC2)c(Cl)c1Cl. The molecule has 0 aliphatic carbocycles. The van der Waals surface area contributed by atoms with E-state index in [4.69, 9.17) is 67.5 Å². The van der Waals surface area contributed by atoms with Crippen LogP contribution in [0.15, 0.2) is 0 Å². The number of nitrogens with one attached hydrogen (secondary N) is 1. The van der Waals surface area contributed by atoms with Gasteiger partial charge in [-0.15, -0.1) is 0 Å². The Hall–Kier alpha value is 0.390. The Labute approximate surface area is 148 Å². The van der Waals surface area contributed by atoms with Crippen molar-refractivity contribution < 1.29 is 9.47 Å². The number of hydrogen-bond donors (Lipinski definition) is 1. The summed E-state index contributed by atoms with van der Waals surface area (Å²) in [5.41, 5.74) is 0. The van der Waals surface area contributed by atoms with Gasteiger partial charge < -0.3 is 14.8 Å². The molecule has 3 nitrogen and oxygen atoms in total. The molecular weight excluding hydrogens is 379 g/mol. The molecule has 1 aliphatic rings. The standard InChI is InChI=1S/C13H14Cl5NO2/c14-8-9(15)11(17)13(12(18)10(8)16)21-6-3-19-7-1-4-20-5-2-7/h7,19H,1-6H2. The molecule has 1 aromatic rings. The molecule has 2 rings (SSSR count). The van der Waals surface area contributed by atoms with E-state index in [0.29, 0.717) is 19.2 Å². The molecule has 0 spiro atoms. The third kappa shape index (κ3) is 4.44. The molecule has 1 saturated heterocycles. The number of halogens is 5. The van der Waals surface area contributed by atoms with E-state index in [2.05, 4.69) is 5.32 Å². The number of benzene rings is 1. The van der Waals surface area contributed by atoms with Crippen LogP contribution >= 0.6 is 58.0 Å². The van der Waals surface area contributed by atoms with Crippen LogP contribution in [0.25, 0.3) is 0 Å². The molecule has 1 N–H and O–H groups in total. The molecule has 8 heteroatoms. The molecule has 0 atom stereocenters. The van der Waals surface area contributed by atoms with Gasteiger partial charge in [0.2, 0.25) is 0 Å². The van der Waals surface area contributed by atoms with Crippen molar-refractivity contribution in [2.75, 3.05) is 26.4 Å². The van der Waals surface area contributed by atoms with Crippen molar-refractivity contribution >= 4 is 58.0 Å². The van der Waals surface area contributed by atoms with Crippen LogP contribution in [0.2, 0.25) is 25.1 Å². The number of hydrogen-bond acceptors (Lipinski definition) is 3. The van der Waals surface area contributed by atoms with Crippen LogP contribution < -0.4 is 10.1 Å². The van der Waals surface area contributed by atoms with Gasteiger partial charge in [0.1, 0.15) is 16.7 Å². The Balaban J connectivity index is 1.91. The Bertz CT molecular complexity index is 477. The second-order valence-corrected chi connectivity index (χ2v) is 6.48. The molecular formula is C13H14Cl5NO2. The minimum atomic E-state index is 0.126. The van der Waals surface area contributed by atoms with Gasteiger partial charge in [-0.25, -0.2) is 0 Å². The Kier molecular flexibility index (Phi) is 7.01. The zero-order valence-corrected chi connectivity index (χ0v) is 14.8. The summed E-state index contributed by atoms with van der Waals surface area (Å²) in [7, 11) is 0. The quantitative estimate of drug-likeness (QED) is 0.429. The summed E-state index contributed by atoms with van der Waals surface area (Å²) < 4.78 is 10.9. The zero-order chi connectivity index (χ0) is 15.4. The lowest BCUT2D eigenvalue weighted by Crippen LogP contribution is -2.37. The van der Waals surface area contributed by atoms with Crippen LogP contribution in [-0.2, 0) is 4.74 Å². The second-order valence-electron chi connectivity index (χ2n) is 4.59. The fourth-order valence-corrected chi connectivity index (χ4v) is 3.26. The smallest absolute Gasteiger partial charge is 0.159 e. The molecule has 0 radical (unpaired) electrons. The molecule has 1 heterocycles. The lowest BCUT2D eigenvalue weighted by atomic mass is 10.1. The average Bonchev–Trinajstić information content (AvgIpc) is 2.51. The maximum Gasteiger partial charge on any atom is 0.159 e. The van der Waals surface area contributed by atoms with Crippen molar-refractivity contribution in [3.8, 4) is 5.75 Å². The van der Waals surface area contributed by atoms with E-state index in [-0.39, 0.29) is 30.9 Å². The molecule has 1 aromatic carbocycles. The van der Waals surface area contributed by atoms with E-state index in [9.17, 15) is 0 Å². The van der Waals surface area contributed by atoms with Crippen LogP contribution in [0, 0.1) is 0 Å². The largest absolute Gasteiger partial charge is 0.489 e. The van der Waals surface area contributed by atoms with Crippen LogP contribution in [-0.4, -0.2) is 32.4 Å². The molecule has 1 aliphatic heterocycles. The van der Waals surface area contributed by atoms with Gasteiger partial charge in [-0.05, 0) is 12.8 Å². The van der Waals surface area contributed by atoms with Gasteiger partial charge >= 0.3 is 0 Å². The fraction of sp³-hybridized carbons (Fsp3) is 0.538. The summed E-state index contributed by atoms with van der Waals surface area (Å²) in [5.74, 6) is 0.256. The molecule has 0 unspecified atom stereocenters. The Morgan fingerprint density at radius 3 is 2.00 bits per heavy atom. The van der Waals surface area contributed by atoms with Crippen molar-refractivity contribution in [3.05, 3.63) is 25.1 Å². The van der Waals surface area contributed by atoms with Gasteiger partial charge in [-0.3, -0.25) is 0 Å². The van der Waals surface area contributed by atoms with Gasteiger partial charge in [-0.2, -0.15) is 0 Å². The summed E-state index contributed by atoms with van der Waals surface area (Å²) in [5, 5.41) is 4.13. The van der Waals surface area contributed by atoms with Gasteiger partial charge in [0.15, 0.2) is 5.75 Å². The highest BCUT2D eigenvalue weighted by Crippen LogP contribution is 2.48. The minimum absolute atomic E-state index is 0.126. The first-order valence-corrected chi connectivity index (χ1v) is 8.36. The molecule has 21 heavy (non-hydrogen) atoms. The molecule has 0 bridgehead atoms. The van der Waals surface area contributed by atoms with Gasteiger partial charge in [0.05, 0.1) is 15.1 Å². The monoisotopic (exact) mass is 391 g/mol. The van der Waals surface area contributed by atoms with Crippen LogP contribution in [0.4, 0.5) is 0 Å². The molecule has 0 aromatic heterocycles. The van der Waals surface area contributed by atoms with Gasteiger partial charge in [0.25, 0.3) is 0 Å².